The van der Waals surface area contributed by atoms with Crippen LogP contribution in [0.3, 0.4) is 0 Å². The molecule has 3 N–H and O–H groups in total. The van der Waals surface area contributed by atoms with Gasteiger partial charge in [-0.25, -0.2) is 4.79 Å². The van der Waals surface area contributed by atoms with Gasteiger partial charge < -0.3 is 25.8 Å². The van der Waals surface area contributed by atoms with Crippen LogP contribution < -0.4 is 16.0 Å². The van der Waals surface area contributed by atoms with E-state index >= 15 is 0 Å². The number of carbonyl (C=O) groups is 4. The van der Waals surface area contributed by atoms with Crippen molar-refractivity contribution in [3.63, 3.8) is 0 Å². The first kappa shape index (κ1) is 23.1. The molecule has 0 spiro atoms. The maximum Gasteiger partial charge on any atom is 0.318 e. The van der Waals surface area contributed by atoms with Crippen molar-refractivity contribution < 1.29 is 19.2 Å². The smallest absolute Gasteiger partial charge is 0.318 e. The molecule has 170 valence electrons. The molecule has 10 nitrogen and oxygen atoms in total. The molecule has 2 aliphatic heterocycles. The molecule has 2 heterocycles. The van der Waals surface area contributed by atoms with Crippen molar-refractivity contribution in [1.82, 2.24) is 25.8 Å². The lowest BCUT2D eigenvalue weighted by Gasteiger charge is -2.41. The minimum absolute atomic E-state index is 0.00449. The van der Waals surface area contributed by atoms with E-state index < -0.39 is 24.0 Å². The monoisotopic (exact) mass is 440 g/mol. The van der Waals surface area contributed by atoms with Crippen molar-refractivity contribution in [2.24, 2.45) is 0 Å². The Balaban J connectivity index is 1.77. The average molecular weight is 441 g/mol. The molecule has 2 aliphatic rings. The Labute approximate surface area is 186 Å². The van der Waals surface area contributed by atoms with Crippen LogP contribution in [0, 0.1) is 11.3 Å². The molecule has 0 saturated carbocycles. The molecule has 3 rings (SSSR count). The third kappa shape index (κ3) is 5.35. The van der Waals surface area contributed by atoms with Gasteiger partial charge >= 0.3 is 6.03 Å². The van der Waals surface area contributed by atoms with Crippen LogP contribution in [0.2, 0.25) is 0 Å². The summed E-state index contributed by atoms with van der Waals surface area (Å²) in [6.45, 7) is 4.66. The normalized spacial score (nSPS) is 20.9. The molecule has 2 atom stereocenters. The molecular formula is C22H28N6O4. The number of piperidine rings is 1. The van der Waals surface area contributed by atoms with E-state index in [4.69, 9.17) is 5.26 Å². The van der Waals surface area contributed by atoms with Crippen molar-refractivity contribution in [3.05, 3.63) is 35.4 Å². The Morgan fingerprint density at radius 2 is 1.91 bits per heavy atom. The fraction of sp³-hybridized carbons (Fsp3) is 0.500. The van der Waals surface area contributed by atoms with Crippen molar-refractivity contribution in [1.29, 1.82) is 5.26 Å². The van der Waals surface area contributed by atoms with Crippen LogP contribution in [0.4, 0.5) is 4.79 Å². The number of amides is 5. The van der Waals surface area contributed by atoms with Gasteiger partial charge in [0.2, 0.25) is 11.8 Å². The Kier molecular flexibility index (Phi) is 7.30. The van der Waals surface area contributed by atoms with Crippen LogP contribution in [0.25, 0.3) is 0 Å². The molecule has 5 amide bonds. The lowest BCUT2D eigenvalue weighted by Crippen LogP contribution is -2.65. The lowest BCUT2D eigenvalue weighted by molar-refractivity contribution is -0.133. The van der Waals surface area contributed by atoms with Gasteiger partial charge in [0.15, 0.2) is 0 Å². The molecule has 2 fully saturated rings. The first-order valence-electron chi connectivity index (χ1n) is 10.7. The van der Waals surface area contributed by atoms with Crippen molar-refractivity contribution in [2.75, 3.05) is 26.2 Å². The van der Waals surface area contributed by atoms with Gasteiger partial charge in [-0.15, -0.1) is 0 Å². The van der Waals surface area contributed by atoms with E-state index in [1.54, 1.807) is 24.3 Å². The van der Waals surface area contributed by atoms with Crippen LogP contribution in [0.1, 0.15) is 42.6 Å². The summed E-state index contributed by atoms with van der Waals surface area (Å²) in [4.78, 5) is 53.8. The molecule has 0 aliphatic carbocycles. The van der Waals surface area contributed by atoms with Gasteiger partial charge in [0.25, 0.3) is 5.91 Å². The zero-order valence-electron chi connectivity index (χ0n) is 18.3. The van der Waals surface area contributed by atoms with Gasteiger partial charge in [-0.1, -0.05) is 0 Å². The van der Waals surface area contributed by atoms with Gasteiger partial charge in [0.05, 0.1) is 18.2 Å². The molecule has 32 heavy (non-hydrogen) atoms. The summed E-state index contributed by atoms with van der Waals surface area (Å²) >= 11 is 0. The van der Waals surface area contributed by atoms with Gasteiger partial charge in [-0.3, -0.25) is 14.4 Å². The predicted octanol–water partition coefficient (Wildman–Crippen LogP) is 0.197. The Hall–Kier alpha value is -3.61. The molecule has 1 aromatic carbocycles. The van der Waals surface area contributed by atoms with Crippen LogP contribution >= 0.6 is 0 Å². The van der Waals surface area contributed by atoms with E-state index in [2.05, 4.69) is 16.0 Å². The number of hydrogen-bond acceptors (Lipinski definition) is 5. The highest BCUT2D eigenvalue weighted by molar-refractivity contribution is 5.96. The van der Waals surface area contributed by atoms with Gasteiger partial charge in [-0.2, -0.15) is 5.26 Å². The average Bonchev–Trinajstić information content (AvgIpc) is 2.79. The molecule has 1 aromatic rings. The molecule has 10 heteroatoms. The Morgan fingerprint density at radius 3 is 2.53 bits per heavy atom. The van der Waals surface area contributed by atoms with E-state index in [1.807, 2.05) is 19.9 Å². The predicted molar refractivity (Wildman–Crippen MR) is 115 cm³/mol. The highest BCUT2D eigenvalue weighted by Gasteiger charge is 2.39. The summed E-state index contributed by atoms with van der Waals surface area (Å²) < 4.78 is 0. The van der Waals surface area contributed by atoms with E-state index in [0.29, 0.717) is 24.1 Å². The topological polar surface area (TPSA) is 135 Å². The summed E-state index contributed by atoms with van der Waals surface area (Å²) in [6, 6.07) is 6.18. The number of nitriles is 1. The van der Waals surface area contributed by atoms with E-state index in [-0.39, 0.29) is 37.5 Å². The Morgan fingerprint density at radius 1 is 1.19 bits per heavy atom. The maximum absolute atomic E-state index is 13.1. The quantitative estimate of drug-likeness (QED) is 0.615. The third-order valence-electron chi connectivity index (χ3n) is 5.51. The first-order valence-corrected chi connectivity index (χ1v) is 10.7. The summed E-state index contributed by atoms with van der Waals surface area (Å²) in [6.07, 6.45) is 1.28. The number of piperazine rings is 1. The largest absolute Gasteiger partial charge is 0.354 e. The standard InChI is InChI=1S/C22H28N6O4/c1-14(2)25-22(32)28-11-10-27(21(31)16-7-5-15(12-23)6-8-16)13-18(28)20(30)26-17-4-3-9-24-19(17)29/h5-8,14,17-18H,3-4,9-11,13H2,1-2H3,(H,24,29)(H,25,32)(H,26,30)/t17-,18-/m0/s1. The van der Waals surface area contributed by atoms with Crippen molar-refractivity contribution in [2.45, 2.75) is 44.8 Å². The minimum atomic E-state index is -0.931. The zero-order chi connectivity index (χ0) is 23.3. The number of carbonyl (C=O) groups excluding carboxylic acids is 4. The fourth-order valence-corrected chi connectivity index (χ4v) is 3.81. The zero-order valence-corrected chi connectivity index (χ0v) is 18.3. The molecule has 0 radical (unpaired) electrons. The highest BCUT2D eigenvalue weighted by Crippen LogP contribution is 2.16. The summed E-state index contributed by atoms with van der Waals surface area (Å²) in [5, 5.41) is 17.2. The second-order valence-electron chi connectivity index (χ2n) is 8.25. The number of nitrogens with zero attached hydrogens (tertiary/aromatic N) is 3. The minimum Gasteiger partial charge on any atom is -0.354 e. The van der Waals surface area contributed by atoms with Gasteiger partial charge in [0.1, 0.15) is 12.1 Å². The Bertz CT molecular complexity index is 923. The second kappa shape index (κ2) is 10.1. The third-order valence-corrected chi connectivity index (χ3v) is 5.51. The molecule has 0 aromatic heterocycles. The second-order valence-corrected chi connectivity index (χ2v) is 8.25. The van der Waals surface area contributed by atoms with Crippen LogP contribution in [-0.4, -0.2) is 77.9 Å². The van der Waals surface area contributed by atoms with Crippen molar-refractivity contribution in [3.8, 4) is 6.07 Å². The summed E-state index contributed by atoms with van der Waals surface area (Å²) in [5.41, 5.74) is 0.842. The number of urea groups is 1. The highest BCUT2D eigenvalue weighted by atomic mass is 16.2. The van der Waals surface area contributed by atoms with Crippen LogP contribution in [0.15, 0.2) is 24.3 Å². The number of rotatable bonds is 4. The lowest BCUT2D eigenvalue weighted by atomic mass is 10.0. The van der Waals surface area contributed by atoms with Crippen LogP contribution in [0.5, 0.6) is 0 Å². The molecule has 0 unspecified atom stereocenters. The fourth-order valence-electron chi connectivity index (χ4n) is 3.81. The number of hydrogen-bond donors (Lipinski definition) is 3. The SMILES string of the molecule is CC(C)NC(=O)N1CCN(C(=O)c2ccc(C#N)cc2)C[C@H]1C(=O)N[C@H]1CCCNC1=O. The van der Waals surface area contributed by atoms with Gasteiger partial charge in [0, 0.05) is 31.2 Å². The first-order chi connectivity index (χ1) is 15.3. The van der Waals surface area contributed by atoms with Gasteiger partial charge in [-0.05, 0) is 51.0 Å². The molecule has 0 bridgehead atoms. The summed E-state index contributed by atoms with van der Waals surface area (Å²) in [7, 11) is 0. The molecule has 2 saturated heterocycles. The van der Waals surface area contributed by atoms with E-state index in [0.717, 1.165) is 6.42 Å². The van der Waals surface area contributed by atoms with Crippen molar-refractivity contribution >= 4 is 23.8 Å². The number of nitrogens with one attached hydrogen (secondary N) is 3. The number of benzene rings is 1. The maximum atomic E-state index is 13.1. The van der Waals surface area contributed by atoms with E-state index in [9.17, 15) is 19.2 Å². The molecular weight excluding hydrogens is 412 g/mol. The van der Waals surface area contributed by atoms with Crippen LogP contribution in [-0.2, 0) is 9.59 Å². The summed E-state index contributed by atoms with van der Waals surface area (Å²) in [5.74, 6) is -1.00. The van der Waals surface area contributed by atoms with E-state index in [1.165, 1.54) is 9.80 Å².